The molecule has 1 aromatic carbocycles. The van der Waals surface area contributed by atoms with Gasteiger partial charge in [-0.2, -0.15) is 0 Å². The lowest BCUT2D eigenvalue weighted by Gasteiger charge is -2.37. The number of rotatable bonds is 2. The molecule has 17 heavy (non-hydrogen) atoms. The van der Waals surface area contributed by atoms with Crippen molar-refractivity contribution in [2.45, 2.75) is 6.04 Å². The monoisotopic (exact) mass is 298 g/mol. The lowest BCUT2D eigenvalue weighted by atomic mass is 10.1. The fourth-order valence-electron chi connectivity index (χ4n) is 2.01. The van der Waals surface area contributed by atoms with E-state index in [1.165, 1.54) is 0 Å². The molecule has 1 heterocycles. The van der Waals surface area contributed by atoms with Crippen LogP contribution in [0.2, 0.25) is 0 Å². The molecule has 1 amide bonds. The van der Waals surface area contributed by atoms with Gasteiger partial charge >= 0.3 is 0 Å². The first kappa shape index (κ1) is 12.5. The fraction of sp³-hybridized carbons (Fsp3) is 0.417. The number of amides is 1. The summed E-state index contributed by atoms with van der Waals surface area (Å²) >= 11 is 3.39. The maximum atomic E-state index is 12.2. The first-order valence-electron chi connectivity index (χ1n) is 5.51. The average molecular weight is 299 g/mol. The summed E-state index contributed by atoms with van der Waals surface area (Å²) in [6.07, 6.45) is 0. The molecule has 0 spiro atoms. The second kappa shape index (κ2) is 5.16. The number of halogens is 1. The highest BCUT2D eigenvalue weighted by atomic mass is 79.9. The van der Waals surface area contributed by atoms with Gasteiger partial charge in [-0.15, -0.1) is 0 Å². The molecule has 0 aliphatic carbocycles. The fourth-order valence-corrected chi connectivity index (χ4v) is 2.40. The van der Waals surface area contributed by atoms with Gasteiger partial charge in [-0.3, -0.25) is 9.69 Å². The zero-order chi connectivity index (χ0) is 12.4. The Bertz CT molecular complexity index is 425. The Hall–Kier alpha value is -0.910. The SMILES string of the molecule is CN1CCN(c2cccc(Br)c2)C(=O)C1CO. The normalized spacial score (nSPS) is 21.9. The van der Waals surface area contributed by atoms with Crippen molar-refractivity contribution in [3.05, 3.63) is 28.7 Å². The summed E-state index contributed by atoms with van der Waals surface area (Å²) in [6.45, 7) is 1.28. The third-order valence-corrected chi connectivity index (χ3v) is 3.55. The predicted octanol–water partition coefficient (Wildman–Crippen LogP) is 1.09. The van der Waals surface area contributed by atoms with E-state index in [0.717, 1.165) is 16.7 Å². The minimum atomic E-state index is -0.428. The van der Waals surface area contributed by atoms with Gasteiger partial charge in [-0.1, -0.05) is 22.0 Å². The van der Waals surface area contributed by atoms with Crippen molar-refractivity contribution < 1.29 is 9.90 Å². The molecule has 1 aliphatic heterocycles. The number of likely N-dealkylation sites (N-methyl/N-ethyl adjacent to an activating group) is 1. The number of aliphatic hydroxyl groups is 1. The Morgan fingerprint density at radius 3 is 2.88 bits per heavy atom. The third kappa shape index (κ3) is 2.51. The van der Waals surface area contributed by atoms with Crippen molar-refractivity contribution in [2.75, 3.05) is 31.6 Å². The van der Waals surface area contributed by atoms with E-state index < -0.39 is 6.04 Å². The van der Waals surface area contributed by atoms with Gasteiger partial charge in [-0.05, 0) is 25.2 Å². The molecule has 0 radical (unpaired) electrons. The van der Waals surface area contributed by atoms with Crippen LogP contribution in [0.1, 0.15) is 0 Å². The van der Waals surface area contributed by atoms with E-state index in [1.807, 2.05) is 36.2 Å². The molecule has 4 nitrogen and oxygen atoms in total. The van der Waals surface area contributed by atoms with Crippen molar-refractivity contribution >= 4 is 27.5 Å². The van der Waals surface area contributed by atoms with Gasteiger partial charge in [0, 0.05) is 23.2 Å². The van der Waals surface area contributed by atoms with Crippen molar-refractivity contribution in [1.29, 1.82) is 0 Å². The number of piperazine rings is 1. The highest BCUT2D eigenvalue weighted by Crippen LogP contribution is 2.23. The van der Waals surface area contributed by atoms with Gasteiger partial charge < -0.3 is 10.0 Å². The molecular formula is C12H15BrN2O2. The van der Waals surface area contributed by atoms with Crippen molar-refractivity contribution in [3.8, 4) is 0 Å². The second-order valence-electron chi connectivity index (χ2n) is 4.15. The molecule has 2 rings (SSSR count). The van der Waals surface area contributed by atoms with Gasteiger partial charge in [0.25, 0.3) is 0 Å². The molecule has 1 N–H and O–H groups in total. The van der Waals surface area contributed by atoms with E-state index in [1.54, 1.807) is 4.90 Å². The Labute approximate surface area is 109 Å². The summed E-state index contributed by atoms with van der Waals surface area (Å²) in [5.41, 5.74) is 0.871. The molecule has 0 bridgehead atoms. The molecule has 1 unspecified atom stereocenters. The first-order chi connectivity index (χ1) is 8.13. The Morgan fingerprint density at radius 2 is 2.24 bits per heavy atom. The lowest BCUT2D eigenvalue weighted by Crippen LogP contribution is -2.57. The minimum Gasteiger partial charge on any atom is -0.394 e. The van der Waals surface area contributed by atoms with Crippen molar-refractivity contribution in [1.82, 2.24) is 4.90 Å². The van der Waals surface area contributed by atoms with Crippen LogP contribution < -0.4 is 4.90 Å². The van der Waals surface area contributed by atoms with Crippen LogP contribution >= 0.6 is 15.9 Å². The summed E-state index contributed by atoms with van der Waals surface area (Å²) in [5, 5.41) is 9.25. The molecule has 5 heteroatoms. The first-order valence-corrected chi connectivity index (χ1v) is 6.31. The Morgan fingerprint density at radius 1 is 1.47 bits per heavy atom. The van der Waals surface area contributed by atoms with E-state index in [9.17, 15) is 9.90 Å². The molecule has 1 aliphatic rings. The number of benzene rings is 1. The van der Waals surface area contributed by atoms with E-state index >= 15 is 0 Å². The van der Waals surface area contributed by atoms with Crippen LogP contribution in [-0.4, -0.2) is 48.7 Å². The summed E-state index contributed by atoms with van der Waals surface area (Å²) < 4.78 is 0.947. The van der Waals surface area contributed by atoms with Gasteiger partial charge in [0.2, 0.25) is 5.91 Å². The van der Waals surface area contributed by atoms with Gasteiger partial charge in [0.05, 0.1) is 6.61 Å². The molecular weight excluding hydrogens is 284 g/mol. The van der Waals surface area contributed by atoms with Crippen LogP contribution in [0.25, 0.3) is 0 Å². The van der Waals surface area contributed by atoms with Crippen molar-refractivity contribution in [3.63, 3.8) is 0 Å². The van der Waals surface area contributed by atoms with Crippen molar-refractivity contribution in [2.24, 2.45) is 0 Å². The topological polar surface area (TPSA) is 43.8 Å². The van der Waals surface area contributed by atoms with Gasteiger partial charge in [-0.25, -0.2) is 0 Å². The van der Waals surface area contributed by atoms with Crippen LogP contribution in [0.4, 0.5) is 5.69 Å². The number of aliphatic hydroxyl groups excluding tert-OH is 1. The third-order valence-electron chi connectivity index (χ3n) is 3.05. The predicted molar refractivity (Wildman–Crippen MR) is 70.0 cm³/mol. The van der Waals surface area contributed by atoms with Gasteiger partial charge in [0.1, 0.15) is 6.04 Å². The van der Waals surface area contributed by atoms with Crippen LogP contribution in [0, 0.1) is 0 Å². The average Bonchev–Trinajstić information content (AvgIpc) is 2.29. The van der Waals surface area contributed by atoms with E-state index in [-0.39, 0.29) is 12.5 Å². The maximum Gasteiger partial charge on any atom is 0.246 e. The van der Waals surface area contributed by atoms with E-state index in [2.05, 4.69) is 15.9 Å². The van der Waals surface area contributed by atoms with Gasteiger partial charge in [0.15, 0.2) is 0 Å². The number of hydrogen-bond acceptors (Lipinski definition) is 3. The van der Waals surface area contributed by atoms with Crippen LogP contribution in [0.3, 0.4) is 0 Å². The number of carbonyl (C=O) groups excluding carboxylic acids is 1. The molecule has 92 valence electrons. The zero-order valence-electron chi connectivity index (χ0n) is 9.64. The molecule has 1 fully saturated rings. The number of hydrogen-bond donors (Lipinski definition) is 1. The minimum absolute atomic E-state index is 0.0423. The summed E-state index contributed by atoms with van der Waals surface area (Å²) in [4.78, 5) is 15.8. The molecule has 1 aromatic rings. The highest BCUT2D eigenvalue weighted by Gasteiger charge is 2.32. The standard InChI is InChI=1S/C12H15BrN2O2/c1-14-5-6-15(12(17)11(14)8-16)10-4-2-3-9(13)7-10/h2-4,7,11,16H,5-6,8H2,1H3. The summed E-state index contributed by atoms with van der Waals surface area (Å²) in [6, 6.07) is 7.22. The zero-order valence-corrected chi connectivity index (χ0v) is 11.2. The number of carbonyl (C=O) groups is 1. The highest BCUT2D eigenvalue weighted by molar-refractivity contribution is 9.10. The quantitative estimate of drug-likeness (QED) is 0.889. The summed E-state index contributed by atoms with van der Waals surface area (Å²) in [7, 11) is 1.86. The second-order valence-corrected chi connectivity index (χ2v) is 5.06. The molecule has 1 atom stereocenters. The van der Waals surface area contributed by atoms with E-state index in [4.69, 9.17) is 0 Å². The van der Waals surface area contributed by atoms with Crippen LogP contribution in [0.5, 0.6) is 0 Å². The number of nitrogens with zero attached hydrogens (tertiary/aromatic N) is 2. The Balaban J connectivity index is 2.25. The van der Waals surface area contributed by atoms with Crippen LogP contribution in [-0.2, 0) is 4.79 Å². The molecule has 0 aromatic heterocycles. The summed E-state index contributed by atoms with van der Waals surface area (Å²) in [5.74, 6) is -0.0423. The molecule has 0 saturated carbocycles. The largest absolute Gasteiger partial charge is 0.394 e. The smallest absolute Gasteiger partial charge is 0.246 e. The van der Waals surface area contributed by atoms with E-state index in [0.29, 0.717) is 6.54 Å². The number of anilines is 1. The van der Waals surface area contributed by atoms with Crippen LogP contribution in [0.15, 0.2) is 28.7 Å². The maximum absolute atomic E-state index is 12.2. The Kier molecular flexibility index (Phi) is 3.81. The lowest BCUT2D eigenvalue weighted by molar-refractivity contribution is -0.126. The molecule has 1 saturated heterocycles.